The molecule has 0 N–H and O–H groups in total. The van der Waals surface area contributed by atoms with Crippen molar-refractivity contribution in [1.29, 1.82) is 0 Å². The highest BCUT2D eigenvalue weighted by molar-refractivity contribution is 6.05. The summed E-state index contributed by atoms with van der Waals surface area (Å²) in [6, 6.07) is 34.3. The van der Waals surface area contributed by atoms with E-state index in [1.54, 1.807) is 0 Å². The van der Waals surface area contributed by atoms with Crippen molar-refractivity contribution in [3.05, 3.63) is 142 Å². The van der Waals surface area contributed by atoms with Crippen LogP contribution in [-0.4, -0.2) is 24.8 Å². The largest absolute Gasteiger partial charge is 0.475 e. The average molecular weight is 511 g/mol. The molecule has 2 heterocycles. The van der Waals surface area contributed by atoms with Gasteiger partial charge in [0.25, 0.3) is 0 Å². The summed E-state index contributed by atoms with van der Waals surface area (Å²) in [6.07, 6.45) is 4.12. The molecule has 4 aromatic rings. The Kier molecular flexibility index (Phi) is 5.31. The van der Waals surface area contributed by atoms with E-state index in [0.29, 0.717) is 13.2 Å². The van der Waals surface area contributed by atoms with E-state index in [4.69, 9.17) is 19.5 Å². The topological polar surface area (TPSA) is 43.2 Å². The molecule has 4 aliphatic rings. The Morgan fingerprint density at radius 1 is 0.641 bits per heavy atom. The minimum atomic E-state index is -0.239. The van der Waals surface area contributed by atoms with Gasteiger partial charge in [-0.25, -0.2) is 4.99 Å². The van der Waals surface area contributed by atoms with Gasteiger partial charge in [-0.2, -0.15) is 0 Å². The van der Waals surface area contributed by atoms with Crippen LogP contribution >= 0.6 is 0 Å². The molecule has 0 unspecified atom stereocenters. The zero-order valence-corrected chi connectivity index (χ0v) is 21.8. The van der Waals surface area contributed by atoms with Gasteiger partial charge in [0.15, 0.2) is 6.23 Å². The highest BCUT2D eigenvalue weighted by Crippen LogP contribution is 2.55. The molecule has 0 fully saturated rings. The lowest BCUT2D eigenvalue weighted by atomic mass is 9.72. The van der Waals surface area contributed by atoms with Crippen LogP contribution in [0, 0.1) is 0 Å². The molecule has 8 rings (SSSR count). The Morgan fingerprint density at radius 3 is 2.00 bits per heavy atom. The third-order valence-corrected chi connectivity index (χ3v) is 9.01. The molecule has 0 saturated heterocycles. The second-order valence-electron chi connectivity index (χ2n) is 11.1. The average Bonchev–Trinajstić information content (AvgIpc) is 3.81. The fourth-order valence-electron chi connectivity index (χ4n) is 7.29. The Hall–Kier alpha value is -4.02. The van der Waals surface area contributed by atoms with E-state index in [1.165, 1.54) is 33.4 Å². The summed E-state index contributed by atoms with van der Waals surface area (Å²) in [5.74, 6) is 0.790. The summed E-state index contributed by atoms with van der Waals surface area (Å²) in [4.78, 5) is 10.2. The van der Waals surface area contributed by atoms with Crippen LogP contribution in [0.2, 0.25) is 0 Å². The van der Waals surface area contributed by atoms with Crippen molar-refractivity contribution in [3.63, 3.8) is 0 Å². The lowest BCUT2D eigenvalue weighted by Crippen LogP contribution is -2.27. The van der Waals surface area contributed by atoms with Crippen molar-refractivity contribution >= 4 is 11.6 Å². The molecular formula is C35H30N2O2. The maximum atomic E-state index is 6.32. The normalized spacial score (nSPS) is 24.8. The molecule has 3 atom stereocenters. The Bertz CT molecular complexity index is 1500. The molecule has 39 heavy (non-hydrogen) atoms. The van der Waals surface area contributed by atoms with Crippen molar-refractivity contribution in [2.24, 2.45) is 9.98 Å². The molecule has 0 saturated carbocycles. The molecule has 4 aromatic carbocycles. The van der Waals surface area contributed by atoms with Crippen LogP contribution < -0.4 is 0 Å². The quantitative estimate of drug-likeness (QED) is 0.300. The summed E-state index contributed by atoms with van der Waals surface area (Å²) in [7, 11) is 0. The lowest BCUT2D eigenvalue weighted by molar-refractivity contribution is 0.110. The molecule has 0 aromatic heterocycles. The standard InChI is InChI=1S/C35H30N2O2/c1-3-9-23(10-4-1)29-21-39-34(36-29)28-16-8-14-25-18-20-35(32(25)28)19-17-24-13-7-15-27(31(24)35)30-22-38-33(37-30)26-11-5-2-6-12-26/h1-16,29,33H,17-22H2/t29-,33-,35+/m1/s1. The maximum absolute atomic E-state index is 6.32. The van der Waals surface area contributed by atoms with E-state index < -0.39 is 0 Å². The Morgan fingerprint density at radius 2 is 1.28 bits per heavy atom. The maximum Gasteiger partial charge on any atom is 0.217 e. The first-order valence-electron chi connectivity index (χ1n) is 14.0. The van der Waals surface area contributed by atoms with Gasteiger partial charge in [0.2, 0.25) is 5.90 Å². The zero-order chi connectivity index (χ0) is 25.8. The molecule has 2 aliphatic heterocycles. The third kappa shape index (κ3) is 3.62. The fraction of sp³-hybridized carbons (Fsp3) is 0.257. The number of aryl methyl sites for hydroxylation is 2. The van der Waals surface area contributed by atoms with E-state index in [0.717, 1.165) is 48.4 Å². The molecule has 4 nitrogen and oxygen atoms in total. The minimum absolute atomic E-state index is 0.0424. The number of hydrogen-bond acceptors (Lipinski definition) is 4. The van der Waals surface area contributed by atoms with Gasteiger partial charge in [0.1, 0.15) is 12.6 Å². The zero-order valence-electron chi connectivity index (χ0n) is 21.8. The molecule has 0 bridgehead atoms. The van der Waals surface area contributed by atoms with Gasteiger partial charge in [-0.3, -0.25) is 4.99 Å². The predicted octanol–water partition coefficient (Wildman–Crippen LogP) is 6.90. The van der Waals surface area contributed by atoms with Gasteiger partial charge >= 0.3 is 0 Å². The van der Waals surface area contributed by atoms with Crippen molar-refractivity contribution in [2.45, 2.75) is 43.4 Å². The van der Waals surface area contributed by atoms with Crippen molar-refractivity contribution in [2.75, 3.05) is 13.2 Å². The number of fused-ring (bicyclic) bond motifs is 4. The van der Waals surface area contributed by atoms with Crippen molar-refractivity contribution in [3.8, 4) is 0 Å². The highest BCUT2D eigenvalue weighted by atomic mass is 16.5. The van der Waals surface area contributed by atoms with Gasteiger partial charge in [-0.15, -0.1) is 0 Å². The van der Waals surface area contributed by atoms with Crippen LogP contribution in [0.3, 0.4) is 0 Å². The molecule has 4 heteroatoms. The van der Waals surface area contributed by atoms with E-state index >= 15 is 0 Å². The van der Waals surface area contributed by atoms with Crippen molar-refractivity contribution < 1.29 is 9.47 Å². The van der Waals surface area contributed by atoms with Gasteiger partial charge in [-0.05, 0) is 59.6 Å². The monoisotopic (exact) mass is 510 g/mol. The van der Waals surface area contributed by atoms with Crippen LogP contribution in [0.1, 0.15) is 69.6 Å². The van der Waals surface area contributed by atoms with Crippen LogP contribution in [-0.2, 0) is 27.7 Å². The first-order chi connectivity index (χ1) is 19.3. The summed E-state index contributed by atoms with van der Waals surface area (Å²) in [5, 5.41) is 0. The van der Waals surface area contributed by atoms with E-state index in [9.17, 15) is 0 Å². The molecule has 1 spiro atoms. The second-order valence-corrected chi connectivity index (χ2v) is 11.1. The van der Waals surface area contributed by atoms with Crippen LogP contribution in [0.15, 0.2) is 107 Å². The molecule has 2 aliphatic carbocycles. The number of ether oxygens (including phenoxy) is 2. The van der Waals surface area contributed by atoms with Gasteiger partial charge < -0.3 is 9.47 Å². The number of aliphatic imine (C=N–C) groups is 2. The first kappa shape index (κ1) is 22.9. The summed E-state index contributed by atoms with van der Waals surface area (Å²) >= 11 is 0. The third-order valence-electron chi connectivity index (χ3n) is 9.01. The minimum Gasteiger partial charge on any atom is -0.475 e. The highest BCUT2D eigenvalue weighted by Gasteiger charge is 2.48. The first-order valence-corrected chi connectivity index (χ1v) is 14.0. The van der Waals surface area contributed by atoms with Gasteiger partial charge in [0.05, 0.1) is 12.3 Å². The van der Waals surface area contributed by atoms with Crippen LogP contribution in [0.4, 0.5) is 0 Å². The second kappa shape index (κ2) is 9.03. The Balaban J connectivity index is 1.23. The summed E-state index contributed by atoms with van der Waals surface area (Å²) in [6.45, 7) is 1.13. The lowest BCUT2D eigenvalue weighted by Gasteiger charge is -2.30. The van der Waals surface area contributed by atoms with Gasteiger partial charge in [0, 0.05) is 22.1 Å². The number of hydrogen-bond donors (Lipinski definition) is 0. The smallest absolute Gasteiger partial charge is 0.217 e. The number of nitrogens with zero attached hydrogens (tertiary/aromatic N) is 2. The fourth-order valence-corrected chi connectivity index (χ4v) is 7.29. The number of rotatable bonds is 4. The SMILES string of the molecule is c1ccc([C@@H]2N=C(c3cccc4c3[C@]3(CC4)CCc4cccc(C5=N[C@@H](c6ccccc6)CO5)c43)CO2)cc1. The van der Waals surface area contributed by atoms with Crippen molar-refractivity contribution in [1.82, 2.24) is 0 Å². The summed E-state index contributed by atoms with van der Waals surface area (Å²) in [5.41, 5.74) is 11.5. The Labute approximate surface area is 229 Å². The number of benzene rings is 4. The molecule has 0 amide bonds. The van der Waals surface area contributed by atoms with E-state index in [-0.39, 0.29) is 17.7 Å². The van der Waals surface area contributed by atoms with Crippen LogP contribution in [0.25, 0.3) is 0 Å². The van der Waals surface area contributed by atoms with E-state index in [2.05, 4.69) is 91.0 Å². The molecular weight excluding hydrogens is 480 g/mol. The van der Waals surface area contributed by atoms with Crippen LogP contribution in [0.5, 0.6) is 0 Å². The molecule has 192 valence electrons. The van der Waals surface area contributed by atoms with E-state index in [1.807, 2.05) is 6.07 Å². The summed E-state index contributed by atoms with van der Waals surface area (Å²) < 4.78 is 12.5. The predicted molar refractivity (Wildman–Crippen MR) is 154 cm³/mol. The molecule has 0 radical (unpaired) electrons. The van der Waals surface area contributed by atoms with Gasteiger partial charge in [-0.1, -0.05) is 91.0 Å².